The molecule has 0 amide bonds. The molecule has 0 radical (unpaired) electrons. The molecule has 0 aliphatic heterocycles. The lowest BCUT2D eigenvalue weighted by Crippen LogP contribution is -2.43. The topological polar surface area (TPSA) is 59.4 Å². The van der Waals surface area contributed by atoms with E-state index in [0.29, 0.717) is 4.31 Å². The van der Waals surface area contributed by atoms with E-state index in [9.17, 15) is 26.4 Å². The van der Waals surface area contributed by atoms with Crippen LogP contribution in [-0.2, 0) is 17.1 Å². The Labute approximate surface area is 166 Å². The number of pyridine rings is 1. The summed E-state index contributed by atoms with van der Waals surface area (Å²) >= 11 is 5.75. The van der Waals surface area contributed by atoms with Crippen molar-refractivity contribution in [3.05, 3.63) is 62.5 Å². The van der Waals surface area contributed by atoms with Gasteiger partial charge in [-0.25, -0.2) is 8.42 Å². The standard InChI is InChI=1S/C18H20ClF3N2O3S/c1-5-24(16(18(20,21)22)13-6-8-14(19)9-7-13)28(26,27)15-10-11(2)17(25)23(4)12(15)3/h6-10,16H,5H2,1-4H3. The molecule has 1 unspecified atom stereocenters. The van der Waals surface area contributed by atoms with Gasteiger partial charge in [0.15, 0.2) is 0 Å². The first-order chi connectivity index (χ1) is 12.8. The molecule has 154 valence electrons. The Morgan fingerprint density at radius 2 is 1.71 bits per heavy atom. The van der Waals surface area contributed by atoms with Gasteiger partial charge < -0.3 is 4.57 Å². The Morgan fingerprint density at radius 1 is 1.18 bits per heavy atom. The van der Waals surface area contributed by atoms with Gasteiger partial charge in [-0.05, 0) is 37.6 Å². The molecule has 5 nitrogen and oxygen atoms in total. The zero-order valence-electron chi connectivity index (χ0n) is 15.7. The fourth-order valence-electron chi connectivity index (χ4n) is 2.99. The molecule has 0 saturated carbocycles. The molecule has 0 aliphatic rings. The molecule has 1 heterocycles. The lowest BCUT2D eigenvalue weighted by Gasteiger charge is -2.32. The minimum atomic E-state index is -4.86. The summed E-state index contributed by atoms with van der Waals surface area (Å²) in [4.78, 5) is 11.7. The lowest BCUT2D eigenvalue weighted by atomic mass is 10.1. The van der Waals surface area contributed by atoms with E-state index >= 15 is 0 Å². The van der Waals surface area contributed by atoms with Crippen LogP contribution in [0.5, 0.6) is 0 Å². The van der Waals surface area contributed by atoms with Crippen LogP contribution >= 0.6 is 11.6 Å². The van der Waals surface area contributed by atoms with Crippen molar-refractivity contribution < 1.29 is 21.6 Å². The third-order valence-corrected chi connectivity index (χ3v) is 6.84. The van der Waals surface area contributed by atoms with Crippen molar-refractivity contribution in [2.24, 2.45) is 7.05 Å². The molecule has 0 fully saturated rings. The second-order valence-corrected chi connectivity index (χ2v) is 8.64. The zero-order valence-corrected chi connectivity index (χ0v) is 17.3. The molecular formula is C18H20ClF3N2O3S. The van der Waals surface area contributed by atoms with Gasteiger partial charge in [0.25, 0.3) is 5.56 Å². The van der Waals surface area contributed by atoms with Crippen LogP contribution in [0.2, 0.25) is 5.02 Å². The molecule has 2 rings (SSSR count). The van der Waals surface area contributed by atoms with Crippen LogP contribution in [-0.4, -0.2) is 30.0 Å². The van der Waals surface area contributed by atoms with E-state index in [1.165, 1.54) is 40.0 Å². The molecule has 2 aromatic rings. The van der Waals surface area contributed by atoms with Crippen LogP contribution in [0.25, 0.3) is 0 Å². The van der Waals surface area contributed by atoms with Crippen LogP contribution in [0.4, 0.5) is 13.2 Å². The third-order valence-electron chi connectivity index (χ3n) is 4.53. The predicted octanol–water partition coefficient (Wildman–Crippen LogP) is 3.97. The average Bonchev–Trinajstić information content (AvgIpc) is 2.60. The highest BCUT2D eigenvalue weighted by Crippen LogP contribution is 2.41. The van der Waals surface area contributed by atoms with Crippen molar-refractivity contribution in [2.75, 3.05) is 6.54 Å². The van der Waals surface area contributed by atoms with E-state index in [4.69, 9.17) is 11.6 Å². The second kappa shape index (κ2) is 7.88. The average molecular weight is 437 g/mol. The van der Waals surface area contributed by atoms with Gasteiger partial charge in [0.1, 0.15) is 10.9 Å². The third kappa shape index (κ3) is 4.11. The van der Waals surface area contributed by atoms with Gasteiger partial charge in [0, 0.05) is 29.9 Å². The fourth-order valence-corrected chi connectivity index (χ4v) is 5.06. The SMILES string of the molecule is CCN(C(c1ccc(Cl)cc1)C(F)(F)F)S(=O)(=O)c1cc(C)c(=O)n(C)c1C. The lowest BCUT2D eigenvalue weighted by molar-refractivity contribution is -0.173. The Bertz CT molecular complexity index is 1030. The molecule has 0 aliphatic carbocycles. The number of hydrogen-bond acceptors (Lipinski definition) is 3. The maximum atomic E-state index is 13.9. The number of sulfonamides is 1. The second-order valence-electron chi connectivity index (χ2n) is 6.35. The van der Waals surface area contributed by atoms with Crippen molar-refractivity contribution in [3.8, 4) is 0 Å². The van der Waals surface area contributed by atoms with Gasteiger partial charge in [-0.2, -0.15) is 17.5 Å². The summed E-state index contributed by atoms with van der Waals surface area (Å²) in [5.74, 6) is 0. The van der Waals surface area contributed by atoms with E-state index in [1.54, 1.807) is 0 Å². The summed E-state index contributed by atoms with van der Waals surface area (Å²) in [5, 5.41) is 0.236. The number of alkyl halides is 3. The van der Waals surface area contributed by atoms with Crippen molar-refractivity contribution in [1.29, 1.82) is 0 Å². The van der Waals surface area contributed by atoms with Crippen molar-refractivity contribution >= 4 is 21.6 Å². The van der Waals surface area contributed by atoms with E-state index in [2.05, 4.69) is 0 Å². The highest BCUT2D eigenvalue weighted by atomic mass is 35.5. The number of rotatable bonds is 5. The van der Waals surface area contributed by atoms with E-state index in [1.807, 2.05) is 0 Å². The fraction of sp³-hybridized carbons (Fsp3) is 0.389. The minimum absolute atomic E-state index is 0.0612. The Morgan fingerprint density at radius 3 is 2.18 bits per heavy atom. The van der Waals surface area contributed by atoms with Gasteiger partial charge in [-0.15, -0.1) is 0 Å². The van der Waals surface area contributed by atoms with Crippen molar-refractivity contribution in [2.45, 2.75) is 37.9 Å². The number of nitrogens with zero attached hydrogens (tertiary/aromatic N) is 2. The zero-order chi connectivity index (χ0) is 21.4. The van der Waals surface area contributed by atoms with Gasteiger partial charge in [-0.3, -0.25) is 4.79 Å². The minimum Gasteiger partial charge on any atom is -0.314 e. The predicted molar refractivity (Wildman–Crippen MR) is 101 cm³/mol. The molecule has 1 aromatic heterocycles. The Kier molecular flexibility index (Phi) is 6.32. The summed E-state index contributed by atoms with van der Waals surface area (Å²) in [6.45, 7) is 3.71. The molecule has 1 aromatic carbocycles. The van der Waals surface area contributed by atoms with Crippen LogP contribution < -0.4 is 5.56 Å². The molecule has 28 heavy (non-hydrogen) atoms. The summed E-state index contributed by atoms with van der Waals surface area (Å²) < 4.78 is 69.7. The Balaban J connectivity index is 2.73. The number of halogens is 4. The summed E-state index contributed by atoms with van der Waals surface area (Å²) in [6, 6.07) is 3.58. The van der Waals surface area contributed by atoms with Crippen LogP contribution in [0, 0.1) is 13.8 Å². The largest absolute Gasteiger partial charge is 0.409 e. The first-order valence-corrected chi connectivity index (χ1v) is 10.2. The number of hydrogen-bond donors (Lipinski definition) is 0. The first kappa shape index (κ1) is 22.4. The Hall–Kier alpha value is -1.84. The summed E-state index contributed by atoms with van der Waals surface area (Å²) in [6.07, 6.45) is -4.86. The number of aryl methyl sites for hydroxylation is 1. The van der Waals surface area contributed by atoms with Gasteiger partial charge in [0.2, 0.25) is 10.0 Å². The maximum Gasteiger partial charge on any atom is 0.409 e. The highest BCUT2D eigenvalue weighted by Gasteiger charge is 2.49. The van der Waals surface area contributed by atoms with Crippen molar-refractivity contribution in [1.82, 2.24) is 8.87 Å². The van der Waals surface area contributed by atoms with Gasteiger partial charge in [0.05, 0.1) is 0 Å². The number of benzene rings is 1. The molecule has 10 heteroatoms. The van der Waals surface area contributed by atoms with Crippen LogP contribution in [0.15, 0.2) is 40.0 Å². The summed E-state index contributed by atoms with van der Waals surface area (Å²) in [5.41, 5.74) is -0.477. The van der Waals surface area contributed by atoms with Crippen molar-refractivity contribution in [3.63, 3.8) is 0 Å². The molecule has 0 N–H and O–H groups in total. The molecular weight excluding hydrogens is 417 g/mol. The van der Waals surface area contributed by atoms with Crippen LogP contribution in [0.1, 0.15) is 29.8 Å². The van der Waals surface area contributed by atoms with E-state index < -0.39 is 34.3 Å². The molecule has 0 bridgehead atoms. The van der Waals surface area contributed by atoms with Crippen LogP contribution in [0.3, 0.4) is 0 Å². The first-order valence-electron chi connectivity index (χ1n) is 8.33. The smallest absolute Gasteiger partial charge is 0.314 e. The number of aromatic nitrogens is 1. The summed E-state index contributed by atoms with van der Waals surface area (Å²) in [7, 11) is -3.19. The molecule has 0 spiro atoms. The highest BCUT2D eigenvalue weighted by molar-refractivity contribution is 7.89. The molecule has 1 atom stereocenters. The van der Waals surface area contributed by atoms with E-state index in [0.717, 1.165) is 22.8 Å². The normalized spacial score (nSPS) is 13.8. The maximum absolute atomic E-state index is 13.9. The molecule has 0 saturated heterocycles. The monoisotopic (exact) mass is 436 g/mol. The van der Waals surface area contributed by atoms with E-state index in [-0.39, 0.29) is 26.7 Å². The van der Waals surface area contributed by atoms with Gasteiger partial charge in [-0.1, -0.05) is 30.7 Å². The van der Waals surface area contributed by atoms with Gasteiger partial charge >= 0.3 is 6.18 Å². The quantitative estimate of drug-likeness (QED) is 0.712.